The van der Waals surface area contributed by atoms with E-state index in [9.17, 15) is 9.18 Å². The third-order valence-electron chi connectivity index (χ3n) is 3.73. The van der Waals surface area contributed by atoms with Crippen LogP contribution < -0.4 is 17.2 Å². The van der Waals surface area contributed by atoms with Crippen molar-refractivity contribution in [1.29, 1.82) is 0 Å². The highest BCUT2D eigenvalue weighted by atomic mass is 19.1. The Balaban J connectivity index is 2.16. The molecule has 1 aromatic carbocycles. The van der Waals surface area contributed by atoms with Crippen molar-refractivity contribution < 1.29 is 9.18 Å². The summed E-state index contributed by atoms with van der Waals surface area (Å²) in [4.78, 5) is 23.8. The van der Waals surface area contributed by atoms with Crippen LogP contribution in [-0.4, -0.2) is 20.9 Å². The van der Waals surface area contributed by atoms with E-state index in [1.54, 1.807) is 25.3 Å². The molecule has 8 heteroatoms. The van der Waals surface area contributed by atoms with E-state index in [4.69, 9.17) is 17.2 Å². The van der Waals surface area contributed by atoms with Gasteiger partial charge in [0, 0.05) is 17.3 Å². The average Bonchev–Trinajstić information content (AvgIpc) is 2.62. The molecule has 1 amide bonds. The third kappa shape index (κ3) is 3.82. The lowest BCUT2D eigenvalue weighted by atomic mass is 10.0. The molecule has 2 heterocycles. The van der Waals surface area contributed by atoms with Gasteiger partial charge in [0.2, 0.25) is 5.95 Å². The van der Waals surface area contributed by atoms with Crippen molar-refractivity contribution in [1.82, 2.24) is 15.0 Å². The number of nitrogens with two attached hydrogens (primary N) is 3. The number of anilines is 2. The van der Waals surface area contributed by atoms with Crippen LogP contribution in [0.15, 0.2) is 36.5 Å². The molecule has 3 rings (SSSR count). The van der Waals surface area contributed by atoms with Gasteiger partial charge in [0.05, 0.1) is 22.5 Å². The molecule has 6 N–H and O–H groups in total. The highest BCUT2D eigenvalue weighted by molar-refractivity contribution is 5.94. The number of amides is 1. The van der Waals surface area contributed by atoms with Crippen LogP contribution in [0, 0.1) is 24.6 Å². The first-order valence-electron chi connectivity index (χ1n) is 7.82. The van der Waals surface area contributed by atoms with E-state index in [1.807, 2.05) is 0 Å². The number of nitrogen functional groups attached to an aromatic ring is 2. The van der Waals surface area contributed by atoms with Crippen molar-refractivity contribution in [3.8, 4) is 23.1 Å². The number of carbonyl (C=O) groups excluding carboxylic acids is 1. The standard InChI is InChI=1S/C19H15FN6O/c1-10-13(5-2-11-3-7-16(21)24-9-11)17(26-19(23)25-10)12-4-6-15(20)14(8-12)18(22)27/h3-4,6-9H,1H3,(H2,21,24)(H2,22,27)(H2,23,25,26). The second-order valence-electron chi connectivity index (χ2n) is 5.67. The van der Waals surface area contributed by atoms with E-state index < -0.39 is 11.7 Å². The average molecular weight is 362 g/mol. The first kappa shape index (κ1) is 17.8. The van der Waals surface area contributed by atoms with Crippen molar-refractivity contribution in [2.75, 3.05) is 11.5 Å². The van der Waals surface area contributed by atoms with Crippen LogP contribution in [0.3, 0.4) is 0 Å². The summed E-state index contributed by atoms with van der Waals surface area (Å²) in [6, 6.07) is 7.29. The molecule has 0 spiro atoms. The Morgan fingerprint density at radius 3 is 2.56 bits per heavy atom. The van der Waals surface area contributed by atoms with Crippen molar-refractivity contribution in [3.63, 3.8) is 0 Å². The number of hydrogen-bond donors (Lipinski definition) is 3. The maximum atomic E-state index is 13.8. The summed E-state index contributed by atoms with van der Waals surface area (Å²) in [5, 5.41) is 0. The number of halogens is 1. The van der Waals surface area contributed by atoms with Crippen molar-refractivity contribution in [2.24, 2.45) is 5.73 Å². The summed E-state index contributed by atoms with van der Waals surface area (Å²) in [6.07, 6.45) is 1.54. The molecule has 0 aliphatic carbocycles. The van der Waals surface area contributed by atoms with Gasteiger partial charge in [0.15, 0.2) is 0 Å². The Morgan fingerprint density at radius 2 is 1.89 bits per heavy atom. The number of aryl methyl sites for hydroxylation is 1. The van der Waals surface area contributed by atoms with Crippen LogP contribution in [0.2, 0.25) is 0 Å². The largest absolute Gasteiger partial charge is 0.384 e. The van der Waals surface area contributed by atoms with Crippen LogP contribution in [0.1, 0.15) is 27.2 Å². The molecule has 0 aliphatic rings. The minimum atomic E-state index is -0.881. The Morgan fingerprint density at radius 1 is 1.11 bits per heavy atom. The van der Waals surface area contributed by atoms with Gasteiger partial charge >= 0.3 is 0 Å². The second kappa shape index (κ2) is 7.09. The summed E-state index contributed by atoms with van der Waals surface area (Å²) < 4.78 is 13.8. The fraction of sp³-hybridized carbons (Fsp3) is 0.0526. The topological polar surface area (TPSA) is 134 Å². The zero-order valence-electron chi connectivity index (χ0n) is 14.3. The Labute approximate surface area is 154 Å². The number of aromatic nitrogens is 3. The molecule has 0 unspecified atom stereocenters. The van der Waals surface area contributed by atoms with Gasteiger partial charge in [-0.15, -0.1) is 0 Å². The van der Waals surface area contributed by atoms with Crippen molar-refractivity contribution in [2.45, 2.75) is 6.92 Å². The number of hydrogen-bond acceptors (Lipinski definition) is 6. The normalized spacial score (nSPS) is 10.1. The van der Waals surface area contributed by atoms with E-state index in [0.717, 1.165) is 6.07 Å². The van der Waals surface area contributed by atoms with E-state index >= 15 is 0 Å². The van der Waals surface area contributed by atoms with Crippen LogP contribution >= 0.6 is 0 Å². The Hall–Kier alpha value is -3.99. The molecule has 0 saturated heterocycles. The van der Waals surface area contributed by atoms with Gasteiger partial charge in [-0.2, -0.15) is 0 Å². The summed E-state index contributed by atoms with van der Waals surface area (Å²) in [5.41, 5.74) is 18.8. The molecule has 0 atom stereocenters. The van der Waals surface area contributed by atoms with Gasteiger partial charge in [0.1, 0.15) is 11.6 Å². The second-order valence-corrected chi connectivity index (χ2v) is 5.67. The number of pyridine rings is 1. The number of nitrogens with zero attached hydrogens (tertiary/aromatic N) is 3. The van der Waals surface area contributed by atoms with Gasteiger partial charge in [-0.05, 0) is 37.3 Å². The molecular weight excluding hydrogens is 347 g/mol. The highest BCUT2D eigenvalue weighted by Crippen LogP contribution is 2.25. The lowest BCUT2D eigenvalue weighted by molar-refractivity contribution is 0.0996. The molecule has 2 aromatic heterocycles. The van der Waals surface area contributed by atoms with Gasteiger partial charge in [-0.25, -0.2) is 19.3 Å². The minimum absolute atomic E-state index is 0.0344. The fourth-order valence-corrected chi connectivity index (χ4v) is 2.43. The summed E-state index contributed by atoms with van der Waals surface area (Å²) in [6.45, 7) is 1.73. The molecular formula is C19H15FN6O. The molecule has 0 bridgehead atoms. The van der Waals surface area contributed by atoms with Gasteiger partial charge in [0.25, 0.3) is 5.91 Å². The van der Waals surface area contributed by atoms with Crippen LogP contribution in [-0.2, 0) is 0 Å². The predicted molar refractivity (Wildman–Crippen MR) is 99.7 cm³/mol. The summed E-state index contributed by atoms with van der Waals surface area (Å²) >= 11 is 0. The monoisotopic (exact) mass is 362 g/mol. The minimum Gasteiger partial charge on any atom is -0.384 e. The predicted octanol–water partition coefficient (Wildman–Crippen LogP) is 1.65. The van der Waals surface area contributed by atoms with Crippen molar-refractivity contribution >= 4 is 17.7 Å². The van der Waals surface area contributed by atoms with Gasteiger partial charge < -0.3 is 17.2 Å². The third-order valence-corrected chi connectivity index (χ3v) is 3.73. The maximum Gasteiger partial charge on any atom is 0.251 e. The van der Waals surface area contributed by atoms with Gasteiger partial charge in [-0.1, -0.05) is 11.8 Å². The lowest BCUT2D eigenvalue weighted by Crippen LogP contribution is -2.13. The highest BCUT2D eigenvalue weighted by Gasteiger charge is 2.15. The van der Waals surface area contributed by atoms with E-state index in [0.29, 0.717) is 33.9 Å². The van der Waals surface area contributed by atoms with Crippen molar-refractivity contribution in [3.05, 3.63) is 64.7 Å². The number of primary amides is 1. The molecule has 7 nitrogen and oxygen atoms in total. The molecule has 0 radical (unpaired) electrons. The maximum absolute atomic E-state index is 13.8. The quantitative estimate of drug-likeness (QED) is 0.594. The van der Waals surface area contributed by atoms with Crippen LogP contribution in [0.5, 0.6) is 0 Å². The smallest absolute Gasteiger partial charge is 0.251 e. The Bertz CT molecular complexity index is 1100. The van der Waals surface area contributed by atoms with Crippen LogP contribution in [0.25, 0.3) is 11.3 Å². The van der Waals surface area contributed by atoms with E-state index in [2.05, 4.69) is 26.8 Å². The molecule has 134 valence electrons. The first-order chi connectivity index (χ1) is 12.8. The number of carbonyl (C=O) groups is 1. The first-order valence-corrected chi connectivity index (χ1v) is 7.82. The van der Waals surface area contributed by atoms with Gasteiger partial charge in [-0.3, -0.25) is 4.79 Å². The molecule has 0 saturated carbocycles. The number of benzene rings is 1. The summed E-state index contributed by atoms with van der Waals surface area (Å²) in [7, 11) is 0. The lowest BCUT2D eigenvalue weighted by Gasteiger charge is -2.09. The molecule has 27 heavy (non-hydrogen) atoms. The van der Waals surface area contributed by atoms with E-state index in [1.165, 1.54) is 12.1 Å². The Kier molecular flexibility index (Phi) is 4.68. The molecule has 3 aromatic rings. The van der Waals surface area contributed by atoms with Crippen LogP contribution in [0.4, 0.5) is 16.2 Å². The zero-order chi connectivity index (χ0) is 19.6. The molecule has 0 aliphatic heterocycles. The number of rotatable bonds is 2. The summed E-state index contributed by atoms with van der Waals surface area (Å²) in [5.74, 6) is 4.76. The SMILES string of the molecule is Cc1nc(N)nc(-c2ccc(F)c(C(N)=O)c2)c1C#Cc1ccc(N)nc1. The fourth-order valence-electron chi connectivity index (χ4n) is 2.43. The zero-order valence-corrected chi connectivity index (χ0v) is 14.3. The molecule has 0 fully saturated rings. The van der Waals surface area contributed by atoms with E-state index in [-0.39, 0.29) is 11.5 Å².